The van der Waals surface area contributed by atoms with Crippen LogP contribution in [-0.4, -0.2) is 18.2 Å². The van der Waals surface area contributed by atoms with Gasteiger partial charge in [0.15, 0.2) is 5.78 Å². The maximum Gasteiger partial charge on any atom is 0.220 e. The van der Waals surface area contributed by atoms with Crippen molar-refractivity contribution in [2.75, 3.05) is 6.54 Å². The second-order valence-corrected chi connectivity index (χ2v) is 6.00. The van der Waals surface area contributed by atoms with Crippen molar-refractivity contribution in [1.82, 2.24) is 5.32 Å². The lowest BCUT2D eigenvalue weighted by Gasteiger charge is -2.12. The smallest absolute Gasteiger partial charge is 0.220 e. The van der Waals surface area contributed by atoms with Gasteiger partial charge in [-0.05, 0) is 30.0 Å². The van der Waals surface area contributed by atoms with Crippen LogP contribution < -0.4 is 5.32 Å². The molecule has 4 heteroatoms. The SMILES string of the molecule is CC(CNC(=O)CCC(=O)c1ccccc1F)Cc1ccccc1. The summed E-state index contributed by atoms with van der Waals surface area (Å²) < 4.78 is 13.5. The summed E-state index contributed by atoms with van der Waals surface area (Å²) in [5.74, 6) is -0.766. The first-order valence-corrected chi connectivity index (χ1v) is 8.14. The minimum Gasteiger partial charge on any atom is -0.356 e. The number of hydrogen-bond acceptors (Lipinski definition) is 2. The van der Waals surface area contributed by atoms with Crippen LogP contribution in [0.5, 0.6) is 0 Å². The summed E-state index contributed by atoms with van der Waals surface area (Å²) in [6.07, 6.45) is 0.973. The molecule has 1 unspecified atom stereocenters. The Morgan fingerprint density at radius 2 is 1.67 bits per heavy atom. The number of benzene rings is 2. The highest BCUT2D eigenvalue weighted by Gasteiger charge is 2.13. The van der Waals surface area contributed by atoms with Crippen molar-refractivity contribution < 1.29 is 14.0 Å². The zero-order valence-electron chi connectivity index (χ0n) is 13.8. The van der Waals surface area contributed by atoms with E-state index in [9.17, 15) is 14.0 Å². The van der Waals surface area contributed by atoms with E-state index >= 15 is 0 Å². The number of carbonyl (C=O) groups is 2. The van der Waals surface area contributed by atoms with Crippen molar-refractivity contribution in [3.8, 4) is 0 Å². The summed E-state index contributed by atoms with van der Waals surface area (Å²) >= 11 is 0. The predicted octanol–water partition coefficient (Wildman–Crippen LogP) is 3.78. The van der Waals surface area contributed by atoms with Gasteiger partial charge >= 0.3 is 0 Å². The molecule has 2 rings (SSSR count). The predicted molar refractivity (Wildman–Crippen MR) is 92.3 cm³/mol. The highest BCUT2D eigenvalue weighted by molar-refractivity contribution is 5.98. The van der Waals surface area contributed by atoms with Crippen molar-refractivity contribution in [3.63, 3.8) is 0 Å². The normalized spacial score (nSPS) is 11.8. The van der Waals surface area contributed by atoms with Gasteiger partial charge in [0.25, 0.3) is 0 Å². The second kappa shape index (κ2) is 8.96. The van der Waals surface area contributed by atoms with E-state index in [4.69, 9.17) is 0 Å². The fourth-order valence-corrected chi connectivity index (χ4v) is 2.51. The first kappa shape index (κ1) is 17.9. The molecular formula is C20H22FNO2. The number of halogens is 1. The van der Waals surface area contributed by atoms with E-state index in [2.05, 4.69) is 24.4 Å². The quantitative estimate of drug-likeness (QED) is 0.750. The van der Waals surface area contributed by atoms with Crippen molar-refractivity contribution in [3.05, 3.63) is 71.5 Å². The minimum atomic E-state index is -0.542. The molecule has 0 spiro atoms. The number of nitrogens with one attached hydrogen (secondary N) is 1. The van der Waals surface area contributed by atoms with Gasteiger partial charge in [-0.1, -0.05) is 49.4 Å². The Balaban J connectivity index is 1.71. The zero-order valence-corrected chi connectivity index (χ0v) is 13.8. The van der Waals surface area contributed by atoms with Crippen LogP contribution in [0.25, 0.3) is 0 Å². The molecule has 1 atom stereocenters. The maximum absolute atomic E-state index is 13.5. The molecule has 2 aromatic carbocycles. The fraction of sp³-hybridized carbons (Fsp3) is 0.300. The third-order valence-corrected chi connectivity index (χ3v) is 3.83. The molecule has 0 saturated carbocycles. The summed E-state index contributed by atoms with van der Waals surface area (Å²) in [6, 6.07) is 15.9. The molecule has 0 fully saturated rings. The molecule has 0 saturated heterocycles. The Labute approximate surface area is 141 Å². The fourth-order valence-electron chi connectivity index (χ4n) is 2.51. The van der Waals surface area contributed by atoms with Crippen molar-refractivity contribution >= 4 is 11.7 Å². The van der Waals surface area contributed by atoms with Gasteiger partial charge in [0.1, 0.15) is 5.82 Å². The Kier molecular flexibility index (Phi) is 6.67. The third kappa shape index (κ3) is 5.61. The van der Waals surface area contributed by atoms with Gasteiger partial charge in [0.2, 0.25) is 5.91 Å². The molecule has 0 aliphatic carbocycles. The van der Waals surface area contributed by atoms with Gasteiger partial charge in [0.05, 0.1) is 5.56 Å². The first-order chi connectivity index (χ1) is 11.6. The van der Waals surface area contributed by atoms with E-state index in [1.54, 1.807) is 6.07 Å². The zero-order chi connectivity index (χ0) is 17.4. The average molecular weight is 327 g/mol. The number of carbonyl (C=O) groups excluding carboxylic acids is 2. The molecule has 126 valence electrons. The summed E-state index contributed by atoms with van der Waals surface area (Å²) in [7, 11) is 0. The molecule has 2 aromatic rings. The van der Waals surface area contributed by atoms with Crippen molar-refractivity contribution in [2.24, 2.45) is 5.92 Å². The van der Waals surface area contributed by atoms with Gasteiger partial charge in [-0.25, -0.2) is 4.39 Å². The van der Waals surface area contributed by atoms with E-state index in [1.165, 1.54) is 23.8 Å². The van der Waals surface area contributed by atoms with Crippen LogP contribution in [0, 0.1) is 11.7 Å². The molecule has 0 aromatic heterocycles. The van der Waals surface area contributed by atoms with E-state index in [0.717, 1.165) is 6.42 Å². The van der Waals surface area contributed by atoms with Crippen molar-refractivity contribution in [2.45, 2.75) is 26.2 Å². The van der Waals surface area contributed by atoms with Gasteiger partial charge in [0, 0.05) is 19.4 Å². The highest BCUT2D eigenvalue weighted by atomic mass is 19.1. The molecular weight excluding hydrogens is 305 g/mol. The second-order valence-electron chi connectivity index (χ2n) is 6.00. The topological polar surface area (TPSA) is 46.2 Å². The molecule has 0 radical (unpaired) electrons. The summed E-state index contributed by atoms with van der Waals surface area (Å²) in [5.41, 5.74) is 1.27. The van der Waals surface area contributed by atoms with E-state index in [-0.39, 0.29) is 30.1 Å². The van der Waals surface area contributed by atoms with E-state index in [1.807, 2.05) is 18.2 Å². The summed E-state index contributed by atoms with van der Waals surface area (Å²) in [6.45, 7) is 2.62. The molecule has 0 heterocycles. The lowest BCUT2D eigenvalue weighted by Crippen LogP contribution is -2.29. The van der Waals surface area contributed by atoms with Gasteiger partial charge in [-0.15, -0.1) is 0 Å². The average Bonchev–Trinajstić information content (AvgIpc) is 2.59. The molecule has 1 amide bonds. The Bertz CT molecular complexity index is 685. The molecule has 24 heavy (non-hydrogen) atoms. The summed E-state index contributed by atoms with van der Waals surface area (Å²) in [5, 5.41) is 2.84. The van der Waals surface area contributed by atoms with Gasteiger partial charge in [-0.2, -0.15) is 0 Å². The largest absolute Gasteiger partial charge is 0.356 e. The van der Waals surface area contributed by atoms with E-state index < -0.39 is 5.82 Å². The number of hydrogen-bond donors (Lipinski definition) is 1. The number of Topliss-reactive ketones (excluding diaryl/α,β-unsaturated/α-hetero) is 1. The minimum absolute atomic E-state index is 0.0137. The highest BCUT2D eigenvalue weighted by Crippen LogP contribution is 2.11. The number of amides is 1. The van der Waals surface area contributed by atoms with Crippen LogP contribution >= 0.6 is 0 Å². The van der Waals surface area contributed by atoms with Crippen LogP contribution in [0.4, 0.5) is 4.39 Å². The Hall–Kier alpha value is -2.49. The van der Waals surface area contributed by atoms with Crippen molar-refractivity contribution in [1.29, 1.82) is 0 Å². The Morgan fingerprint density at radius 1 is 1.00 bits per heavy atom. The van der Waals surface area contributed by atoms with Crippen LogP contribution in [0.2, 0.25) is 0 Å². The molecule has 1 N–H and O–H groups in total. The van der Waals surface area contributed by atoms with E-state index in [0.29, 0.717) is 12.5 Å². The molecule has 0 aliphatic rings. The third-order valence-electron chi connectivity index (χ3n) is 3.83. The number of ketones is 1. The number of rotatable bonds is 8. The maximum atomic E-state index is 13.5. The lowest BCUT2D eigenvalue weighted by molar-refractivity contribution is -0.121. The van der Waals surface area contributed by atoms with Crippen LogP contribution in [0.1, 0.15) is 35.7 Å². The lowest BCUT2D eigenvalue weighted by atomic mass is 10.0. The standard InChI is InChI=1S/C20H22FNO2/c1-15(13-16-7-3-2-4-8-16)14-22-20(24)12-11-19(23)17-9-5-6-10-18(17)21/h2-10,15H,11-14H2,1H3,(H,22,24). The van der Waals surface area contributed by atoms with Gasteiger partial charge < -0.3 is 5.32 Å². The van der Waals surface area contributed by atoms with Gasteiger partial charge in [-0.3, -0.25) is 9.59 Å². The van der Waals surface area contributed by atoms with Crippen LogP contribution in [0.3, 0.4) is 0 Å². The monoisotopic (exact) mass is 327 g/mol. The van der Waals surface area contributed by atoms with Crippen LogP contribution in [0.15, 0.2) is 54.6 Å². The molecule has 0 aliphatic heterocycles. The van der Waals surface area contributed by atoms with Crippen LogP contribution in [-0.2, 0) is 11.2 Å². The molecule has 3 nitrogen and oxygen atoms in total. The Morgan fingerprint density at radius 3 is 2.38 bits per heavy atom. The summed E-state index contributed by atoms with van der Waals surface area (Å²) in [4.78, 5) is 23.8. The first-order valence-electron chi connectivity index (χ1n) is 8.14. The molecule has 0 bridgehead atoms.